The number of rotatable bonds is 14. The lowest BCUT2D eigenvalue weighted by Crippen LogP contribution is -2.15. The smallest absolute Gasteiger partial charge is 0.305 e. The molecule has 0 fully saturated rings. The summed E-state index contributed by atoms with van der Waals surface area (Å²) in [5.74, 6) is -1.67. The zero-order valence-electron chi connectivity index (χ0n) is 32.2. The summed E-state index contributed by atoms with van der Waals surface area (Å²) in [6.07, 6.45) is 8.09. The van der Waals surface area contributed by atoms with Crippen molar-refractivity contribution in [2.45, 2.75) is 71.6 Å². The van der Waals surface area contributed by atoms with Gasteiger partial charge < -0.3 is 24.8 Å². The number of carbonyl (C=O) groups excluding carboxylic acids is 4. The maximum Gasteiger partial charge on any atom is 0.305 e. The van der Waals surface area contributed by atoms with E-state index in [0.717, 1.165) is 33.5 Å². The summed E-state index contributed by atoms with van der Waals surface area (Å²) in [4.78, 5) is 61.5. The van der Waals surface area contributed by atoms with Gasteiger partial charge in [-0.25, -0.2) is 13.4 Å². The molecule has 0 aliphatic carbocycles. The molecule has 13 heteroatoms. The van der Waals surface area contributed by atoms with Gasteiger partial charge in [0.1, 0.15) is 0 Å². The third kappa shape index (κ3) is 8.78. The second-order valence-corrected chi connectivity index (χ2v) is 15.7. The van der Waals surface area contributed by atoms with E-state index in [1.807, 2.05) is 32.9 Å². The van der Waals surface area contributed by atoms with Gasteiger partial charge in [-0.05, 0) is 112 Å². The van der Waals surface area contributed by atoms with Gasteiger partial charge in [0.05, 0.1) is 36.3 Å². The molecule has 0 unspecified atom stereocenters. The number of aliphatic imine (C=N–C) groups is 1. The standard InChI is InChI=1S/C42H46N4O8S/c1-9-29-27(6)41(49)46-36(29)21-34-25(4)31(15-17-40(48)54-8)38(44-34)22-37-30(14-16-39(47)53-7)24(3)33(43-37)20-35-26(5)32(42(50)45-35)18-19-55(51,52)28-12-10-23(2)11-13-28/h9-13,20-22,43-44H,1,14-19H2,2-8H3,(H,46,49)/b33-20?,36-21-,37-22?. The van der Waals surface area contributed by atoms with Gasteiger partial charge >= 0.3 is 11.9 Å². The van der Waals surface area contributed by atoms with Crippen molar-refractivity contribution in [3.63, 3.8) is 0 Å². The molecule has 3 N–H and O–H groups in total. The summed E-state index contributed by atoms with van der Waals surface area (Å²) < 4.78 is 36.0. The molecule has 5 rings (SSSR count). The summed E-state index contributed by atoms with van der Waals surface area (Å²) in [5, 5.41) is 4.22. The number of H-pyrrole nitrogens is 2. The molecule has 12 nitrogen and oxygen atoms in total. The number of allylic oxidation sites excluding steroid dienone is 2. The van der Waals surface area contributed by atoms with E-state index in [4.69, 9.17) is 9.47 Å². The lowest BCUT2D eigenvalue weighted by atomic mass is 10.0. The second kappa shape index (κ2) is 16.7. The predicted octanol–water partition coefficient (Wildman–Crippen LogP) is 4.22. The molecule has 0 bridgehead atoms. The molecule has 0 saturated heterocycles. The van der Waals surface area contributed by atoms with Gasteiger partial charge in [0.2, 0.25) is 0 Å². The van der Waals surface area contributed by atoms with E-state index in [1.165, 1.54) is 14.2 Å². The number of carbonyl (C=O) groups is 4. The normalized spacial score (nSPS) is 16.1. The number of nitrogens with one attached hydrogen (secondary N) is 3. The summed E-state index contributed by atoms with van der Waals surface area (Å²) in [6, 6.07) is 6.61. The summed E-state index contributed by atoms with van der Waals surface area (Å²) in [7, 11) is -0.955. The zero-order chi connectivity index (χ0) is 40.2. The van der Waals surface area contributed by atoms with Gasteiger partial charge in [-0.1, -0.05) is 30.4 Å². The number of ether oxygens (including phenoxy) is 2. The number of methoxy groups -OCH3 is 2. The third-order valence-corrected chi connectivity index (χ3v) is 11.9. The molecule has 1 aromatic carbocycles. The zero-order valence-corrected chi connectivity index (χ0v) is 33.0. The van der Waals surface area contributed by atoms with Crippen molar-refractivity contribution in [3.8, 4) is 0 Å². The molecular formula is C42H46N4O8S. The molecule has 55 heavy (non-hydrogen) atoms. The highest BCUT2D eigenvalue weighted by atomic mass is 32.2. The Balaban J connectivity index is 1.58. The molecule has 0 saturated carbocycles. The average Bonchev–Trinajstić information content (AvgIpc) is 3.80. The number of esters is 2. The summed E-state index contributed by atoms with van der Waals surface area (Å²) in [5.41, 5.74) is 8.92. The van der Waals surface area contributed by atoms with E-state index in [-0.39, 0.29) is 47.8 Å². The number of benzene rings is 1. The van der Waals surface area contributed by atoms with Crippen LogP contribution < -0.4 is 16.0 Å². The predicted molar refractivity (Wildman–Crippen MR) is 211 cm³/mol. The van der Waals surface area contributed by atoms with E-state index < -0.39 is 15.7 Å². The van der Waals surface area contributed by atoms with E-state index in [1.54, 1.807) is 50.3 Å². The number of hydrogen-bond acceptors (Lipinski definition) is 8. The van der Waals surface area contributed by atoms with E-state index in [2.05, 4.69) is 26.9 Å². The molecule has 0 atom stereocenters. The number of sulfone groups is 1. The van der Waals surface area contributed by atoms with Crippen molar-refractivity contribution in [1.29, 1.82) is 0 Å². The topological polar surface area (TPSA) is 177 Å². The van der Waals surface area contributed by atoms with E-state index in [9.17, 15) is 27.6 Å². The Kier molecular flexibility index (Phi) is 12.2. The molecule has 0 spiro atoms. The van der Waals surface area contributed by atoms with Crippen LogP contribution in [0.2, 0.25) is 0 Å². The van der Waals surface area contributed by atoms with Crippen LogP contribution in [0.5, 0.6) is 0 Å². The van der Waals surface area contributed by atoms with Gasteiger partial charge in [0.15, 0.2) is 9.84 Å². The Morgan fingerprint density at radius 1 is 0.782 bits per heavy atom. The van der Waals surface area contributed by atoms with Crippen LogP contribution in [-0.4, -0.2) is 67.8 Å². The van der Waals surface area contributed by atoms with Crippen LogP contribution in [0.25, 0.3) is 18.2 Å². The molecule has 3 aromatic rings. The molecule has 2 aromatic heterocycles. The van der Waals surface area contributed by atoms with Crippen LogP contribution in [0.15, 0.2) is 74.8 Å². The fourth-order valence-corrected chi connectivity index (χ4v) is 7.98. The average molecular weight is 767 g/mol. The van der Waals surface area contributed by atoms with Crippen LogP contribution in [0.1, 0.15) is 72.3 Å². The van der Waals surface area contributed by atoms with Gasteiger partial charge in [-0.15, -0.1) is 0 Å². The minimum atomic E-state index is -3.63. The maximum atomic E-state index is 13.1. The minimum absolute atomic E-state index is 0.0151. The SMILES string of the molecule is C=CC1=C(C)C(=O)N/C1=C\c1[nH]c(C=c2[nH]c(=CC3=NC(=O)C(CCS(=O)(=O)c4ccc(C)cc4)=C3C)c(C)c2CCC(=O)OC)c(CCC(=O)OC)c1C. The first-order chi connectivity index (χ1) is 26.1. The van der Waals surface area contributed by atoms with Crippen LogP contribution in [0, 0.1) is 20.8 Å². The molecule has 288 valence electrons. The first-order valence-corrected chi connectivity index (χ1v) is 19.5. The largest absolute Gasteiger partial charge is 0.469 e. The number of amides is 2. The Morgan fingerprint density at radius 2 is 1.42 bits per heavy atom. The first-order valence-electron chi connectivity index (χ1n) is 17.8. The summed E-state index contributed by atoms with van der Waals surface area (Å²) in [6.45, 7) is 13.1. The molecule has 4 heterocycles. The van der Waals surface area contributed by atoms with Crippen LogP contribution in [0.4, 0.5) is 0 Å². The molecule has 2 aliphatic rings. The van der Waals surface area contributed by atoms with Gasteiger partial charge in [0, 0.05) is 51.6 Å². The van der Waals surface area contributed by atoms with Crippen molar-refractivity contribution in [3.05, 3.63) is 115 Å². The quantitative estimate of drug-likeness (QED) is 0.204. The lowest BCUT2D eigenvalue weighted by molar-refractivity contribution is -0.141. The number of aryl methyl sites for hydroxylation is 1. The summed E-state index contributed by atoms with van der Waals surface area (Å²) >= 11 is 0. The monoisotopic (exact) mass is 766 g/mol. The number of aromatic nitrogens is 2. The first kappa shape index (κ1) is 40.4. The number of nitrogens with zero attached hydrogens (tertiary/aromatic N) is 1. The van der Waals surface area contributed by atoms with Gasteiger partial charge in [-0.2, -0.15) is 0 Å². The minimum Gasteiger partial charge on any atom is -0.469 e. The fourth-order valence-electron chi connectivity index (χ4n) is 6.72. The van der Waals surface area contributed by atoms with Crippen LogP contribution >= 0.6 is 0 Å². The van der Waals surface area contributed by atoms with Crippen LogP contribution in [0.3, 0.4) is 0 Å². The highest BCUT2D eigenvalue weighted by Crippen LogP contribution is 2.28. The van der Waals surface area contributed by atoms with Crippen molar-refractivity contribution < 1.29 is 37.1 Å². The van der Waals surface area contributed by atoms with Crippen LogP contribution in [-0.2, 0) is 51.3 Å². The van der Waals surface area contributed by atoms with Crippen molar-refractivity contribution >= 4 is 57.5 Å². The number of hydrogen-bond donors (Lipinski definition) is 3. The molecular weight excluding hydrogens is 721 g/mol. The molecule has 2 amide bonds. The Morgan fingerprint density at radius 3 is 2.04 bits per heavy atom. The molecule has 2 aliphatic heterocycles. The van der Waals surface area contributed by atoms with E-state index >= 15 is 0 Å². The highest BCUT2D eigenvalue weighted by Gasteiger charge is 2.26. The van der Waals surface area contributed by atoms with Crippen molar-refractivity contribution in [2.24, 2.45) is 4.99 Å². The van der Waals surface area contributed by atoms with Gasteiger partial charge in [-0.3, -0.25) is 19.2 Å². The highest BCUT2D eigenvalue weighted by molar-refractivity contribution is 7.91. The second-order valence-electron chi connectivity index (χ2n) is 13.6. The van der Waals surface area contributed by atoms with E-state index in [0.29, 0.717) is 62.9 Å². The van der Waals surface area contributed by atoms with Crippen molar-refractivity contribution in [2.75, 3.05) is 20.0 Å². The van der Waals surface area contributed by atoms with Crippen molar-refractivity contribution in [1.82, 2.24) is 15.3 Å². The Hall–Kier alpha value is -5.82. The Bertz CT molecular complexity index is 2470. The third-order valence-electron chi connectivity index (χ3n) is 10.2. The fraction of sp³-hybridized carbons (Fsp3) is 0.310. The number of aromatic amines is 2. The van der Waals surface area contributed by atoms with Gasteiger partial charge in [0.25, 0.3) is 11.8 Å². The lowest BCUT2D eigenvalue weighted by Gasteiger charge is -2.06. The Labute approximate surface area is 320 Å². The molecule has 0 radical (unpaired) electrons. The maximum absolute atomic E-state index is 13.1.